The molecule has 0 amide bonds. The Bertz CT molecular complexity index is 664. The van der Waals surface area contributed by atoms with E-state index in [9.17, 15) is 14.5 Å². The van der Waals surface area contributed by atoms with Crippen molar-refractivity contribution >= 4 is 38.7 Å². The van der Waals surface area contributed by atoms with Gasteiger partial charge in [-0.3, -0.25) is 10.1 Å². The maximum Gasteiger partial charge on any atom is 0.273 e. The van der Waals surface area contributed by atoms with E-state index in [1.165, 1.54) is 18.2 Å². The molecule has 2 rings (SSSR count). The quantitative estimate of drug-likeness (QED) is 0.644. The third-order valence-corrected chi connectivity index (χ3v) is 3.12. The SMILES string of the molecule is CNc1cc(Nc2ccc(Br)cc2F)cc([N+](=O)[O-])c1. The van der Waals surface area contributed by atoms with Crippen LogP contribution in [-0.2, 0) is 0 Å². The van der Waals surface area contributed by atoms with E-state index < -0.39 is 10.7 Å². The lowest BCUT2D eigenvalue weighted by molar-refractivity contribution is -0.384. The molecule has 0 fully saturated rings. The summed E-state index contributed by atoms with van der Waals surface area (Å²) in [6.45, 7) is 0. The van der Waals surface area contributed by atoms with Gasteiger partial charge in [0.2, 0.25) is 0 Å². The van der Waals surface area contributed by atoms with E-state index in [0.29, 0.717) is 15.8 Å². The summed E-state index contributed by atoms with van der Waals surface area (Å²) in [6, 6.07) is 8.97. The van der Waals surface area contributed by atoms with E-state index in [1.54, 1.807) is 25.2 Å². The number of nitrogens with one attached hydrogen (secondary N) is 2. The minimum absolute atomic E-state index is 0.0723. The molecule has 2 N–H and O–H groups in total. The Hall–Kier alpha value is -2.15. The summed E-state index contributed by atoms with van der Waals surface area (Å²) in [5, 5.41) is 16.5. The molecule has 0 heterocycles. The lowest BCUT2D eigenvalue weighted by atomic mass is 10.2. The molecule has 0 spiro atoms. The largest absolute Gasteiger partial charge is 0.388 e. The molecular formula is C13H11BrFN3O2. The summed E-state index contributed by atoms with van der Waals surface area (Å²) in [6.07, 6.45) is 0. The fourth-order valence-electron chi connectivity index (χ4n) is 1.68. The molecule has 0 atom stereocenters. The third kappa shape index (κ3) is 3.24. The van der Waals surface area contributed by atoms with Crippen molar-refractivity contribution in [3.8, 4) is 0 Å². The topological polar surface area (TPSA) is 67.2 Å². The lowest BCUT2D eigenvalue weighted by Crippen LogP contribution is -1.98. The number of hydrogen-bond donors (Lipinski definition) is 2. The van der Waals surface area contributed by atoms with Gasteiger partial charge in [-0.2, -0.15) is 0 Å². The second-order valence-corrected chi connectivity index (χ2v) is 4.94. The van der Waals surface area contributed by atoms with Gasteiger partial charge in [-0.1, -0.05) is 15.9 Å². The highest BCUT2D eigenvalue weighted by atomic mass is 79.9. The van der Waals surface area contributed by atoms with Gasteiger partial charge < -0.3 is 10.6 Å². The first-order valence-corrected chi connectivity index (χ1v) is 6.48. The zero-order valence-corrected chi connectivity index (χ0v) is 12.1. The number of non-ortho nitro benzene ring substituents is 1. The van der Waals surface area contributed by atoms with Crippen LogP contribution in [0.4, 0.5) is 27.1 Å². The minimum atomic E-state index is -0.496. The molecule has 0 aromatic heterocycles. The van der Waals surface area contributed by atoms with Crippen molar-refractivity contribution in [3.63, 3.8) is 0 Å². The van der Waals surface area contributed by atoms with Crippen molar-refractivity contribution in [2.75, 3.05) is 17.7 Å². The van der Waals surface area contributed by atoms with Gasteiger partial charge in [-0.05, 0) is 24.3 Å². The van der Waals surface area contributed by atoms with Gasteiger partial charge >= 0.3 is 0 Å². The molecule has 0 radical (unpaired) electrons. The molecule has 5 nitrogen and oxygen atoms in total. The van der Waals surface area contributed by atoms with Gasteiger partial charge in [0.25, 0.3) is 5.69 Å². The summed E-state index contributed by atoms with van der Waals surface area (Å²) in [5.74, 6) is -0.447. The molecule has 0 saturated heterocycles. The van der Waals surface area contributed by atoms with Crippen LogP contribution in [0.3, 0.4) is 0 Å². The second kappa shape index (κ2) is 5.87. The molecule has 0 aliphatic heterocycles. The zero-order chi connectivity index (χ0) is 14.7. The monoisotopic (exact) mass is 339 g/mol. The van der Waals surface area contributed by atoms with Crippen LogP contribution in [0, 0.1) is 15.9 Å². The van der Waals surface area contributed by atoms with Crippen molar-refractivity contribution in [1.29, 1.82) is 0 Å². The number of benzene rings is 2. The van der Waals surface area contributed by atoms with Gasteiger partial charge in [0, 0.05) is 35.0 Å². The highest BCUT2D eigenvalue weighted by Gasteiger charge is 2.11. The fourth-order valence-corrected chi connectivity index (χ4v) is 2.01. The first-order chi connectivity index (χ1) is 9.49. The molecular weight excluding hydrogens is 329 g/mol. The molecule has 0 bridgehead atoms. The molecule has 0 unspecified atom stereocenters. The average Bonchev–Trinajstić information content (AvgIpc) is 2.41. The van der Waals surface area contributed by atoms with Crippen molar-refractivity contribution in [1.82, 2.24) is 0 Å². The molecule has 2 aromatic rings. The van der Waals surface area contributed by atoms with Crippen LogP contribution in [0.5, 0.6) is 0 Å². The van der Waals surface area contributed by atoms with Crippen molar-refractivity contribution in [3.05, 3.63) is 56.8 Å². The van der Waals surface area contributed by atoms with Crippen LogP contribution in [0.25, 0.3) is 0 Å². The van der Waals surface area contributed by atoms with Crippen LogP contribution in [-0.4, -0.2) is 12.0 Å². The van der Waals surface area contributed by atoms with E-state index >= 15 is 0 Å². The smallest absolute Gasteiger partial charge is 0.273 e. The Kier molecular flexibility index (Phi) is 4.19. The Balaban J connectivity index is 2.37. The highest BCUT2D eigenvalue weighted by molar-refractivity contribution is 9.10. The summed E-state index contributed by atoms with van der Waals surface area (Å²) < 4.78 is 14.4. The summed E-state index contributed by atoms with van der Waals surface area (Å²) in [4.78, 5) is 10.4. The zero-order valence-electron chi connectivity index (χ0n) is 10.5. The average molecular weight is 340 g/mol. The number of anilines is 3. The fraction of sp³-hybridized carbons (Fsp3) is 0.0769. The maximum atomic E-state index is 13.7. The predicted octanol–water partition coefficient (Wildman–Crippen LogP) is 4.28. The Morgan fingerprint density at radius 3 is 2.50 bits per heavy atom. The third-order valence-electron chi connectivity index (χ3n) is 2.63. The number of rotatable bonds is 4. The minimum Gasteiger partial charge on any atom is -0.388 e. The predicted molar refractivity (Wildman–Crippen MR) is 80.0 cm³/mol. The normalized spacial score (nSPS) is 10.2. The van der Waals surface area contributed by atoms with Gasteiger partial charge in [-0.15, -0.1) is 0 Å². The number of nitro benzene ring substituents is 1. The molecule has 7 heteroatoms. The molecule has 0 aliphatic rings. The number of nitrogens with zero attached hydrogens (tertiary/aromatic N) is 1. The van der Waals surface area contributed by atoms with E-state index in [4.69, 9.17) is 0 Å². The highest BCUT2D eigenvalue weighted by Crippen LogP contribution is 2.28. The molecule has 20 heavy (non-hydrogen) atoms. The maximum absolute atomic E-state index is 13.7. The molecule has 2 aromatic carbocycles. The van der Waals surface area contributed by atoms with E-state index in [2.05, 4.69) is 26.6 Å². The first-order valence-electron chi connectivity index (χ1n) is 5.69. The second-order valence-electron chi connectivity index (χ2n) is 4.02. The van der Waals surface area contributed by atoms with Crippen LogP contribution in [0.15, 0.2) is 40.9 Å². The number of halogens is 2. The first kappa shape index (κ1) is 14.3. The van der Waals surface area contributed by atoms with Gasteiger partial charge in [0.1, 0.15) is 5.82 Å². The molecule has 0 aliphatic carbocycles. The summed E-state index contributed by atoms with van der Waals surface area (Å²) in [5.41, 5.74) is 1.18. The van der Waals surface area contributed by atoms with E-state index in [0.717, 1.165) is 0 Å². The summed E-state index contributed by atoms with van der Waals surface area (Å²) >= 11 is 3.17. The van der Waals surface area contributed by atoms with Crippen molar-refractivity contribution in [2.24, 2.45) is 0 Å². The Morgan fingerprint density at radius 1 is 1.20 bits per heavy atom. The lowest BCUT2D eigenvalue weighted by Gasteiger charge is -2.10. The van der Waals surface area contributed by atoms with Crippen LogP contribution in [0.2, 0.25) is 0 Å². The number of nitro groups is 1. The van der Waals surface area contributed by atoms with Crippen LogP contribution >= 0.6 is 15.9 Å². The van der Waals surface area contributed by atoms with Crippen LogP contribution < -0.4 is 10.6 Å². The van der Waals surface area contributed by atoms with E-state index in [-0.39, 0.29) is 11.4 Å². The Labute approximate surface area is 123 Å². The van der Waals surface area contributed by atoms with Crippen molar-refractivity contribution in [2.45, 2.75) is 0 Å². The number of hydrogen-bond acceptors (Lipinski definition) is 4. The van der Waals surface area contributed by atoms with Gasteiger partial charge in [0.15, 0.2) is 0 Å². The standard InChI is InChI=1S/C13H11BrFN3O2/c1-16-9-5-10(7-11(6-9)18(19)20)17-13-3-2-8(14)4-12(13)15/h2-7,16-17H,1H3. The van der Waals surface area contributed by atoms with Gasteiger partial charge in [-0.25, -0.2) is 4.39 Å². The molecule has 0 saturated carbocycles. The van der Waals surface area contributed by atoms with Gasteiger partial charge in [0.05, 0.1) is 10.6 Å². The van der Waals surface area contributed by atoms with E-state index in [1.807, 2.05) is 0 Å². The Morgan fingerprint density at radius 2 is 1.90 bits per heavy atom. The van der Waals surface area contributed by atoms with Crippen LogP contribution in [0.1, 0.15) is 0 Å². The van der Waals surface area contributed by atoms with Crippen molar-refractivity contribution < 1.29 is 9.31 Å². The summed E-state index contributed by atoms with van der Waals surface area (Å²) in [7, 11) is 1.66. The molecule has 104 valence electrons.